The molecule has 2 aromatic heterocycles. The minimum Gasteiger partial charge on any atom is -0.309 e. The Bertz CT molecular complexity index is 2640. The molecule has 48 heavy (non-hydrogen) atoms. The Hall–Kier alpha value is -5.80. The fourth-order valence-electron chi connectivity index (χ4n) is 8.33. The summed E-state index contributed by atoms with van der Waals surface area (Å²) in [7, 11) is 0. The number of benzene rings is 6. The van der Waals surface area contributed by atoms with E-state index in [-0.39, 0.29) is 5.41 Å². The van der Waals surface area contributed by atoms with Gasteiger partial charge in [0.2, 0.25) is 0 Å². The highest BCUT2D eigenvalue weighted by Crippen LogP contribution is 2.49. The number of aryl methyl sites for hydroxylation is 1. The first kappa shape index (κ1) is 27.3. The molecule has 2 heterocycles. The number of para-hydroxylation sites is 2. The Kier molecular flexibility index (Phi) is 5.75. The maximum Gasteiger partial charge on any atom is 0.160 e. The van der Waals surface area contributed by atoms with Gasteiger partial charge in [-0.15, -0.1) is 0 Å². The van der Waals surface area contributed by atoms with Crippen LogP contribution in [0.25, 0.3) is 78.2 Å². The molecule has 3 heteroatoms. The van der Waals surface area contributed by atoms with Crippen molar-refractivity contribution in [3.05, 3.63) is 156 Å². The number of aromatic nitrogens is 3. The molecular weight excluding hydrogens is 583 g/mol. The first-order valence-corrected chi connectivity index (χ1v) is 16.9. The summed E-state index contributed by atoms with van der Waals surface area (Å²) < 4.78 is 2.41. The fraction of sp³-hybridized carbons (Fsp3) is 0.111. The molecule has 2 aliphatic carbocycles. The standard InChI is InChI=1S/C45H33N3/c1-45(2)37-16-8-5-13-33(37)34-25-21-30(27-38(34)45)43-35-14-6-9-17-39(35)46-44(47-43)29-19-23-31(24-20-29)48-40-18-10-7-15-36(40)42-32-12-4-3-11-28(32)22-26-41(42)48/h3,5-11,13-27H,4,12H2,1-2H3. The molecule has 228 valence electrons. The van der Waals surface area contributed by atoms with Crippen LogP contribution in [-0.4, -0.2) is 14.5 Å². The SMILES string of the molecule is CC1(C)c2ccccc2-c2ccc(-c3nc(-c4ccc(-n5c6ccccc6c6c7c(ccc65)C=CCC7)cc4)nc4ccccc34)cc21. The smallest absolute Gasteiger partial charge is 0.160 e. The van der Waals surface area contributed by atoms with Crippen LogP contribution in [-0.2, 0) is 11.8 Å². The Morgan fingerprint density at radius 2 is 1.38 bits per heavy atom. The van der Waals surface area contributed by atoms with E-state index in [0.29, 0.717) is 0 Å². The Morgan fingerprint density at radius 3 is 2.27 bits per heavy atom. The fourth-order valence-corrected chi connectivity index (χ4v) is 8.33. The van der Waals surface area contributed by atoms with E-state index in [2.05, 4.69) is 158 Å². The second kappa shape index (κ2) is 10.1. The Balaban J connectivity index is 1.10. The number of nitrogens with zero attached hydrogens (tertiary/aromatic N) is 3. The molecule has 0 radical (unpaired) electrons. The third kappa shape index (κ3) is 3.88. The third-order valence-corrected chi connectivity index (χ3v) is 10.7. The second-order valence-electron chi connectivity index (χ2n) is 13.7. The molecule has 6 aromatic carbocycles. The molecule has 8 aromatic rings. The summed E-state index contributed by atoms with van der Waals surface area (Å²) in [5.41, 5.74) is 15.8. The lowest BCUT2D eigenvalue weighted by atomic mass is 9.82. The van der Waals surface area contributed by atoms with Crippen molar-refractivity contribution in [2.45, 2.75) is 32.1 Å². The van der Waals surface area contributed by atoms with Crippen molar-refractivity contribution in [3.63, 3.8) is 0 Å². The van der Waals surface area contributed by atoms with Crippen molar-refractivity contribution in [3.8, 4) is 39.5 Å². The number of rotatable bonds is 3. The van der Waals surface area contributed by atoms with Crippen molar-refractivity contribution in [1.82, 2.24) is 14.5 Å². The van der Waals surface area contributed by atoms with E-state index in [1.54, 1.807) is 0 Å². The van der Waals surface area contributed by atoms with Gasteiger partial charge in [-0.2, -0.15) is 0 Å². The molecule has 0 aliphatic heterocycles. The summed E-state index contributed by atoms with van der Waals surface area (Å²) >= 11 is 0. The van der Waals surface area contributed by atoms with Crippen LogP contribution in [0.2, 0.25) is 0 Å². The predicted octanol–water partition coefficient (Wildman–Crippen LogP) is 11.3. The summed E-state index contributed by atoms with van der Waals surface area (Å²) in [6.45, 7) is 4.66. The van der Waals surface area contributed by atoms with Gasteiger partial charge >= 0.3 is 0 Å². The van der Waals surface area contributed by atoms with Crippen LogP contribution in [0.4, 0.5) is 0 Å². The average molecular weight is 616 g/mol. The van der Waals surface area contributed by atoms with Crippen molar-refractivity contribution in [2.75, 3.05) is 0 Å². The zero-order valence-electron chi connectivity index (χ0n) is 27.0. The van der Waals surface area contributed by atoms with Gasteiger partial charge < -0.3 is 4.57 Å². The van der Waals surface area contributed by atoms with E-state index in [1.165, 1.54) is 55.2 Å². The van der Waals surface area contributed by atoms with Gasteiger partial charge in [0.25, 0.3) is 0 Å². The van der Waals surface area contributed by atoms with Gasteiger partial charge in [0.05, 0.1) is 22.2 Å². The molecule has 0 amide bonds. The van der Waals surface area contributed by atoms with E-state index in [1.807, 2.05) is 0 Å². The average Bonchev–Trinajstić information content (AvgIpc) is 3.60. The number of hydrogen-bond donors (Lipinski definition) is 0. The zero-order chi connectivity index (χ0) is 32.0. The van der Waals surface area contributed by atoms with Gasteiger partial charge in [-0.1, -0.05) is 105 Å². The van der Waals surface area contributed by atoms with Gasteiger partial charge in [0.1, 0.15) is 0 Å². The quantitative estimate of drug-likeness (QED) is 0.198. The zero-order valence-corrected chi connectivity index (χ0v) is 27.0. The van der Waals surface area contributed by atoms with Crippen LogP contribution in [0.5, 0.6) is 0 Å². The predicted molar refractivity (Wildman–Crippen MR) is 200 cm³/mol. The van der Waals surface area contributed by atoms with E-state index in [9.17, 15) is 0 Å². The largest absolute Gasteiger partial charge is 0.309 e. The summed E-state index contributed by atoms with van der Waals surface area (Å²) in [5.74, 6) is 0.737. The van der Waals surface area contributed by atoms with Crippen molar-refractivity contribution in [2.24, 2.45) is 0 Å². The molecule has 10 rings (SSSR count). The van der Waals surface area contributed by atoms with E-state index >= 15 is 0 Å². The van der Waals surface area contributed by atoms with E-state index in [4.69, 9.17) is 9.97 Å². The molecule has 0 saturated carbocycles. The van der Waals surface area contributed by atoms with Crippen molar-refractivity contribution in [1.29, 1.82) is 0 Å². The molecule has 0 N–H and O–H groups in total. The summed E-state index contributed by atoms with van der Waals surface area (Å²) in [6, 6.07) is 46.2. The van der Waals surface area contributed by atoms with Crippen LogP contribution >= 0.6 is 0 Å². The van der Waals surface area contributed by atoms with Crippen molar-refractivity contribution >= 4 is 38.8 Å². The first-order chi connectivity index (χ1) is 23.6. The van der Waals surface area contributed by atoms with E-state index < -0.39 is 0 Å². The van der Waals surface area contributed by atoms with Crippen LogP contribution in [0, 0.1) is 0 Å². The highest BCUT2D eigenvalue weighted by molar-refractivity contribution is 6.12. The Morgan fingerprint density at radius 1 is 0.625 bits per heavy atom. The summed E-state index contributed by atoms with van der Waals surface area (Å²) in [5, 5.41) is 3.75. The molecule has 0 atom stereocenters. The lowest BCUT2D eigenvalue weighted by molar-refractivity contribution is 0.660. The monoisotopic (exact) mass is 615 g/mol. The molecule has 2 aliphatic rings. The van der Waals surface area contributed by atoms with Crippen LogP contribution in [0.1, 0.15) is 42.5 Å². The molecule has 3 nitrogen and oxygen atoms in total. The molecule has 0 fully saturated rings. The van der Waals surface area contributed by atoms with Gasteiger partial charge in [0, 0.05) is 38.4 Å². The van der Waals surface area contributed by atoms with Crippen LogP contribution in [0.15, 0.2) is 133 Å². The molecule has 0 bridgehead atoms. The number of allylic oxidation sites excluding steroid dienone is 1. The summed E-state index contributed by atoms with van der Waals surface area (Å²) in [6.07, 6.45) is 6.73. The topological polar surface area (TPSA) is 30.7 Å². The molecule has 0 spiro atoms. The van der Waals surface area contributed by atoms with Crippen LogP contribution < -0.4 is 0 Å². The van der Waals surface area contributed by atoms with Gasteiger partial charge in [-0.05, 0) is 94.8 Å². The van der Waals surface area contributed by atoms with Crippen molar-refractivity contribution < 1.29 is 0 Å². The highest BCUT2D eigenvalue weighted by atomic mass is 15.0. The maximum absolute atomic E-state index is 5.28. The molecule has 0 saturated heterocycles. The Labute approximate surface area is 279 Å². The van der Waals surface area contributed by atoms with E-state index in [0.717, 1.165) is 52.1 Å². The number of fused-ring (bicyclic) bond motifs is 9. The summed E-state index contributed by atoms with van der Waals surface area (Å²) in [4.78, 5) is 10.4. The molecule has 0 unspecified atom stereocenters. The lowest BCUT2D eigenvalue weighted by Crippen LogP contribution is -2.14. The maximum atomic E-state index is 5.28. The lowest BCUT2D eigenvalue weighted by Gasteiger charge is -2.22. The first-order valence-electron chi connectivity index (χ1n) is 16.9. The molecular formula is C45H33N3. The van der Waals surface area contributed by atoms with Gasteiger partial charge in [0.15, 0.2) is 5.82 Å². The normalized spacial score (nSPS) is 14.4. The third-order valence-electron chi connectivity index (χ3n) is 10.7. The highest BCUT2D eigenvalue weighted by Gasteiger charge is 2.35. The number of hydrogen-bond acceptors (Lipinski definition) is 2. The minimum absolute atomic E-state index is 0.0771. The minimum atomic E-state index is -0.0771. The second-order valence-corrected chi connectivity index (χ2v) is 13.7. The van der Waals surface area contributed by atoms with Gasteiger partial charge in [-0.25, -0.2) is 9.97 Å². The van der Waals surface area contributed by atoms with Crippen LogP contribution in [0.3, 0.4) is 0 Å². The van der Waals surface area contributed by atoms with Gasteiger partial charge in [-0.3, -0.25) is 0 Å².